The monoisotopic (exact) mass is 456 g/mol. The van der Waals surface area contributed by atoms with Crippen LogP contribution in [0.3, 0.4) is 0 Å². The number of sulfone groups is 1. The molecule has 0 atom stereocenters. The predicted octanol–water partition coefficient (Wildman–Crippen LogP) is 3.71. The van der Waals surface area contributed by atoms with Gasteiger partial charge in [0.15, 0.2) is 0 Å². The Morgan fingerprint density at radius 3 is 2.04 bits per heavy atom. The van der Waals surface area contributed by atoms with Crippen LogP contribution < -0.4 is 3.61 Å². The Morgan fingerprint density at radius 2 is 1.42 bits per heavy atom. The van der Waals surface area contributed by atoms with Gasteiger partial charge in [-0.15, -0.1) is 0 Å². The zero-order valence-electron chi connectivity index (χ0n) is 13.6. The molecule has 0 radical (unpaired) electrons. The van der Waals surface area contributed by atoms with Gasteiger partial charge in [0.25, 0.3) is 0 Å². The maximum atomic E-state index is 12.9. The minimum atomic E-state index is -3.25. The van der Waals surface area contributed by atoms with E-state index in [1.54, 1.807) is 24.3 Å². The first-order valence-electron chi connectivity index (χ1n) is 8.37. The zero-order chi connectivity index (χ0) is 16.8. The molecule has 2 nitrogen and oxygen atoms in total. The summed E-state index contributed by atoms with van der Waals surface area (Å²) in [5.41, 5.74) is 1.42. The molecule has 126 valence electrons. The van der Waals surface area contributed by atoms with E-state index in [9.17, 15) is 8.42 Å². The van der Waals surface area contributed by atoms with Gasteiger partial charge < -0.3 is 0 Å². The second-order valence-electron chi connectivity index (χ2n) is 6.07. The van der Waals surface area contributed by atoms with Crippen molar-refractivity contribution in [1.82, 2.24) is 0 Å². The fraction of sp³-hybridized carbons (Fsp3) is 0.300. The molecule has 0 saturated heterocycles. The maximum absolute atomic E-state index is 12.9. The number of allylic oxidation sites excluding steroid dienone is 1. The van der Waals surface area contributed by atoms with Crippen LogP contribution in [0.4, 0.5) is 0 Å². The Hall–Kier alpha value is -1.08. The van der Waals surface area contributed by atoms with Crippen LogP contribution in [0, 0.1) is 0 Å². The van der Waals surface area contributed by atoms with Crippen LogP contribution in [-0.4, -0.2) is 35.1 Å². The first-order valence-corrected chi connectivity index (χ1v) is 12.3. The molecular formula is C20H22O2STe. The summed E-state index contributed by atoms with van der Waals surface area (Å²) in [7, 11) is -3.25. The van der Waals surface area contributed by atoms with E-state index in [1.165, 1.54) is 32.1 Å². The van der Waals surface area contributed by atoms with Crippen molar-refractivity contribution in [2.24, 2.45) is 0 Å². The van der Waals surface area contributed by atoms with Crippen molar-refractivity contribution in [3.05, 3.63) is 69.9 Å². The van der Waals surface area contributed by atoms with Gasteiger partial charge >= 0.3 is 155 Å². The Morgan fingerprint density at radius 1 is 0.833 bits per heavy atom. The van der Waals surface area contributed by atoms with E-state index < -0.39 is 30.8 Å². The van der Waals surface area contributed by atoms with Crippen molar-refractivity contribution in [3.63, 3.8) is 0 Å². The number of rotatable bonds is 5. The van der Waals surface area contributed by atoms with E-state index in [0.29, 0.717) is 4.90 Å². The topological polar surface area (TPSA) is 34.1 Å². The van der Waals surface area contributed by atoms with Gasteiger partial charge in [-0.3, -0.25) is 0 Å². The van der Waals surface area contributed by atoms with E-state index >= 15 is 0 Å². The molecule has 0 bridgehead atoms. The summed E-state index contributed by atoms with van der Waals surface area (Å²) in [5.74, 6) is 0.198. The van der Waals surface area contributed by atoms with Crippen LogP contribution in [0.1, 0.15) is 32.1 Å². The summed E-state index contributed by atoms with van der Waals surface area (Å²) in [4.78, 5) is 0.444. The Bertz CT molecular complexity index is 788. The van der Waals surface area contributed by atoms with Gasteiger partial charge in [-0.1, -0.05) is 0 Å². The summed E-state index contributed by atoms with van der Waals surface area (Å²) in [6.07, 6.45) is 5.83. The Balaban J connectivity index is 1.90. The van der Waals surface area contributed by atoms with Crippen LogP contribution in [0.2, 0.25) is 0 Å². The van der Waals surface area contributed by atoms with E-state index in [0.717, 1.165) is 12.8 Å². The summed E-state index contributed by atoms with van der Waals surface area (Å²) in [6, 6.07) is 19.3. The second-order valence-corrected chi connectivity index (χ2v) is 11.4. The molecule has 0 unspecified atom stereocenters. The molecule has 0 amide bonds. The molecule has 1 fully saturated rings. The SMILES string of the molecule is O=S(=O)(CC([Te]c1ccccc1)=C1CCCCC1)c1ccccc1. The molecule has 0 spiro atoms. The molecule has 2 aromatic rings. The van der Waals surface area contributed by atoms with Gasteiger partial charge in [0.1, 0.15) is 0 Å². The van der Waals surface area contributed by atoms with Crippen LogP contribution in [0.25, 0.3) is 0 Å². The first kappa shape index (κ1) is 17.7. The molecule has 1 aliphatic rings. The van der Waals surface area contributed by atoms with Crippen molar-refractivity contribution >= 4 is 34.4 Å². The molecule has 1 saturated carbocycles. The van der Waals surface area contributed by atoms with Crippen LogP contribution in [-0.2, 0) is 9.84 Å². The van der Waals surface area contributed by atoms with Gasteiger partial charge in [0.2, 0.25) is 0 Å². The Kier molecular flexibility index (Phi) is 6.16. The molecular weight excluding hydrogens is 432 g/mol. The fourth-order valence-electron chi connectivity index (χ4n) is 2.98. The minimum absolute atomic E-state index is 0.198. The summed E-state index contributed by atoms with van der Waals surface area (Å²) in [5, 5.41) is 0. The molecule has 24 heavy (non-hydrogen) atoms. The van der Waals surface area contributed by atoms with Crippen LogP contribution in [0.15, 0.2) is 74.8 Å². The fourth-order valence-corrected chi connectivity index (χ4v) is 8.80. The number of hydrogen-bond donors (Lipinski definition) is 0. The third-order valence-corrected chi connectivity index (χ3v) is 9.88. The van der Waals surface area contributed by atoms with Gasteiger partial charge in [-0.2, -0.15) is 0 Å². The van der Waals surface area contributed by atoms with E-state index in [2.05, 4.69) is 24.3 Å². The second kappa shape index (κ2) is 8.34. The summed E-state index contributed by atoms with van der Waals surface area (Å²) < 4.78 is 28.3. The summed E-state index contributed by atoms with van der Waals surface area (Å²) in [6.45, 7) is 0. The predicted molar refractivity (Wildman–Crippen MR) is 100 cm³/mol. The van der Waals surface area contributed by atoms with E-state index in [4.69, 9.17) is 0 Å². The first-order chi connectivity index (χ1) is 11.6. The average Bonchev–Trinajstić information content (AvgIpc) is 2.63. The van der Waals surface area contributed by atoms with Gasteiger partial charge in [0, 0.05) is 0 Å². The van der Waals surface area contributed by atoms with Crippen LogP contribution in [0.5, 0.6) is 0 Å². The molecule has 0 N–H and O–H groups in total. The van der Waals surface area contributed by atoms with Crippen molar-refractivity contribution in [2.45, 2.75) is 37.0 Å². The van der Waals surface area contributed by atoms with Crippen molar-refractivity contribution in [3.8, 4) is 0 Å². The third-order valence-electron chi connectivity index (χ3n) is 4.26. The molecule has 0 aliphatic heterocycles. The average molecular weight is 454 g/mol. The van der Waals surface area contributed by atoms with Gasteiger partial charge in [-0.25, -0.2) is 0 Å². The standard InChI is InChI=1S/C20H22O2STe/c21-23(22,18-12-6-2-7-13-18)16-20(17-10-4-1-5-11-17)24-19-14-8-3-9-15-19/h2-3,6-9,12-15H,1,4-5,10-11,16H2. The molecule has 2 aromatic carbocycles. The molecule has 1 aliphatic carbocycles. The van der Waals surface area contributed by atoms with Crippen molar-refractivity contribution in [1.29, 1.82) is 0 Å². The number of hydrogen-bond acceptors (Lipinski definition) is 2. The van der Waals surface area contributed by atoms with Gasteiger partial charge in [-0.05, 0) is 0 Å². The number of benzene rings is 2. The molecule has 0 heterocycles. The van der Waals surface area contributed by atoms with E-state index in [-0.39, 0.29) is 5.75 Å². The van der Waals surface area contributed by atoms with Crippen molar-refractivity contribution < 1.29 is 8.42 Å². The summed E-state index contributed by atoms with van der Waals surface area (Å²) >= 11 is -0.633. The van der Waals surface area contributed by atoms with Crippen LogP contribution >= 0.6 is 0 Å². The third kappa shape index (κ3) is 4.72. The van der Waals surface area contributed by atoms with E-state index in [1.807, 2.05) is 12.1 Å². The normalized spacial score (nSPS) is 15.2. The molecule has 4 heteroatoms. The zero-order valence-corrected chi connectivity index (χ0v) is 16.8. The van der Waals surface area contributed by atoms with Crippen molar-refractivity contribution in [2.75, 3.05) is 5.75 Å². The van der Waals surface area contributed by atoms with Gasteiger partial charge in [0.05, 0.1) is 0 Å². The quantitative estimate of drug-likeness (QED) is 0.647. The molecule has 0 aromatic heterocycles. The molecule has 3 rings (SSSR count). The Labute approximate surface area is 155 Å².